The highest BCUT2D eigenvalue weighted by molar-refractivity contribution is 5.77. The summed E-state index contributed by atoms with van der Waals surface area (Å²) >= 11 is 0. The van der Waals surface area contributed by atoms with Crippen LogP contribution < -0.4 is 5.32 Å². The Morgan fingerprint density at radius 1 is 1.28 bits per heavy atom. The van der Waals surface area contributed by atoms with Crippen LogP contribution in [0.3, 0.4) is 0 Å². The van der Waals surface area contributed by atoms with Gasteiger partial charge in [0.2, 0.25) is 5.91 Å². The second-order valence-electron chi connectivity index (χ2n) is 6.85. The van der Waals surface area contributed by atoms with Crippen LogP contribution in [-0.4, -0.2) is 20.9 Å². The zero-order valence-corrected chi connectivity index (χ0v) is 14.3. The van der Waals surface area contributed by atoms with Crippen LogP contribution in [-0.2, 0) is 11.2 Å². The molecule has 4 rings (SSSR count). The molecule has 0 radical (unpaired) electrons. The molecule has 25 heavy (non-hydrogen) atoms. The average Bonchev–Trinajstić information content (AvgIpc) is 3.37. The molecule has 1 aliphatic rings. The molecule has 2 heterocycles. The van der Waals surface area contributed by atoms with Crippen molar-refractivity contribution in [3.63, 3.8) is 0 Å². The van der Waals surface area contributed by atoms with Crippen molar-refractivity contribution in [3.8, 4) is 0 Å². The van der Waals surface area contributed by atoms with Crippen molar-refractivity contribution in [3.05, 3.63) is 59.5 Å². The monoisotopic (exact) mass is 334 g/mol. The number of fused-ring (bicyclic) bond motifs is 1. The number of benzene rings is 1. The van der Waals surface area contributed by atoms with Gasteiger partial charge >= 0.3 is 0 Å². The van der Waals surface area contributed by atoms with Crippen LogP contribution in [0.4, 0.5) is 0 Å². The van der Waals surface area contributed by atoms with Gasteiger partial charge in [-0.15, -0.1) is 0 Å². The standard InChI is InChI=1S/C20H22N4O/c1-13-4-6-14(7-5-13)19(15-8-9-15)24-18(25)11-10-17-22-16-3-2-12-21-20(16)23-17/h2-7,12,15,19H,8-11H2,1H3,(H,24,25)(H,21,22,23)/t19-/m1/s1. The summed E-state index contributed by atoms with van der Waals surface area (Å²) in [6.45, 7) is 2.08. The molecule has 0 spiro atoms. The molecule has 0 bridgehead atoms. The number of aromatic amines is 1. The SMILES string of the molecule is Cc1ccc([C@@H](NC(=O)CCc2nc3ncccc3[nH]2)C2CC2)cc1. The number of carbonyl (C=O) groups is 1. The van der Waals surface area contributed by atoms with Gasteiger partial charge in [0.15, 0.2) is 5.65 Å². The normalized spacial score (nSPS) is 15.2. The van der Waals surface area contributed by atoms with Crippen molar-refractivity contribution in [1.29, 1.82) is 0 Å². The van der Waals surface area contributed by atoms with E-state index in [-0.39, 0.29) is 11.9 Å². The van der Waals surface area contributed by atoms with Crippen LogP contribution in [0, 0.1) is 12.8 Å². The first-order valence-electron chi connectivity index (χ1n) is 8.84. The minimum absolute atomic E-state index is 0.0749. The highest BCUT2D eigenvalue weighted by Crippen LogP contribution is 2.41. The summed E-state index contributed by atoms with van der Waals surface area (Å²) in [5.41, 5.74) is 4.05. The van der Waals surface area contributed by atoms with Gasteiger partial charge < -0.3 is 10.3 Å². The molecule has 1 aromatic carbocycles. The molecule has 1 saturated carbocycles. The summed E-state index contributed by atoms with van der Waals surface area (Å²) in [5, 5.41) is 3.22. The first-order chi connectivity index (χ1) is 12.2. The Kier molecular flexibility index (Phi) is 4.22. The highest BCUT2D eigenvalue weighted by Gasteiger charge is 2.33. The number of H-pyrrole nitrogens is 1. The molecule has 2 aromatic heterocycles. The number of aromatic nitrogens is 3. The fourth-order valence-electron chi connectivity index (χ4n) is 3.17. The Hall–Kier alpha value is -2.69. The lowest BCUT2D eigenvalue weighted by molar-refractivity contribution is -0.122. The zero-order valence-electron chi connectivity index (χ0n) is 14.3. The van der Waals surface area contributed by atoms with Crippen LogP contribution in [0.2, 0.25) is 0 Å². The molecule has 1 aliphatic carbocycles. The van der Waals surface area contributed by atoms with E-state index < -0.39 is 0 Å². The molecule has 2 N–H and O–H groups in total. The third kappa shape index (κ3) is 3.71. The number of nitrogens with zero attached hydrogens (tertiary/aromatic N) is 2. The number of nitrogens with one attached hydrogen (secondary N) is 2. The third-order valence-corrected chi connectivity index (χ3v) is 4.74. The highest BCUT2D eigenvalue weighted by atomic mass is 16.1. The van der Waals surface area contributed by atoms with Crippen molar-refractivity contribution in [1.82, 2.24) is 20.3 Å². The van der Waals surface area contributed by atoms with E-state index in [0.717, 1.165) is 11.3 Å². The van der Waals surface area contributed by atoms with Gasteiger partial charge in [0, 0.05) is 19.0 Å². The second kappa shape index (κ2) is 6.67. The first-order valence-corrected chi connectivity index (χ1v) is 8.84. The maximum Gasteiger partial charge on any atom is 0.220 e. The second-order valence-corrected chi connectivity index (χ2v) is 6.85. The fraction of sp³-hybridized carbons (Fsp3) is 0.350. The van der Waals surface area contributed by atoms with Gasteiger partial charge in [0.25, 0.3) is 0 Å². The lowest BCUT2D eigenvalue weighted by atomic mass is 10.0. The van der Waals surface area contributed by atoms with Gasteiger partial charge in [-0.05, 0) is 43.4 Å². The van der Waals surface area contributed by atoms with Crippen LogP contribution in [0.15, 0.2) is 42.6 Å². The van der Waals surface area contributed by atoms with Crippen molar-refractivity contribution < 1.29 is 4.79 Å². The van der Waals surface area contributed by atoms with E-state index in [9.17, 15) is 4.79 Å². The number of hydrogen-bond donors (Lipinski definition) is 2. The number of pyridine rings is 1. The zero-order chi connectivity index (χ0) is 17.2. The first kappa shape index (κ1) is 15.8. The van der Waals surface area contributed by atoms with E-state index >= 15 is 0 Å². The Balaban J connectivity index is 1.39. The van der Waals surface area contributed by atoms with Crippen molar-refractivity contribution in [2.24, 2.45) is 5.92 Å². The number of amides is 1. The van der Waals surface area contributed by atoms with Crippen LogP contribution in [0.25, 0.3) is 11.2 Å². The third-order valence-electron chi connectivity index (χ3n) is 4.74. The summed E-state index contributed by atoms with van der Waals surface area (Å²) in [4.78, 5) is 24.3. The molecule has 1 fully saturated rings. The Morgan fingerprint density at radius 3 is 2.80 bits per heavy atom. The lowest BCUT2D eigenvalue weighted by Gasteiger charge is -2.19. The lowest BCUT2D eigenvalue weighted by Crippen LogP contribution is -2.30. The number of hydrogen-bond acceptors (Lipinski definition) is 3. The maximum atomic E-state index is 12.4. The van der Waals surface area contributed by atoms with E-state index in [4.69, 9.17) is 0 Å². The summed E-state index contributed by atoms with van der Waals surface area (Å²) in [6, 6.07) is 12.4. The van der Waals surface area contributed by atoms with Gasteiger partial charge in [-0.2, -0.15) is 0 Å². The molecule has 5 heteroatoms. The Labute approximate surface area is 146 Å². The summed E-state index contributed by atoms with van der Waals surface area (Å²) in [6.07, 6.45) is 5.12. The van der Waals surface area contributed by atoms with E-state index in [1.807, 2.05) is 12.1 Å². The minimum Gasteiger partial charge on any atom is -0.349 e. The number of rotatable bonds is 6. The number of aryl methyl sites for hydroxylation is 2. The minimum atomic E-state index is 0.0749. The van der Waals surface area contributed by atoms with Crippen LogP contribution in [0.1, 0.15) is 42.3 Å². The molecular weight excluding hydrogens is 312 g/mol. The van der Waals surface area contributed by atoms with E-state index in [1.54, 1.807) is 6.20 Å². The summed E-state index contributed by atoms with van der Waals surface area (Å²) in [7, 11) is 0. The van der Waals surface area contributed by atoms with Crippen molar-refractivity contribution in [2.75, 3.05) is 0 Å². The predicted molar refractivity (Wildman–Crippen MR) is 97.0 cm³/mol. The fourth-order valence-corrected chi connectivity index (χ4v) is 3.17. The van der Waals surface area contributed by atoms with Gasteiger partial charge in [0.1, 0.15) is 5.82 Å². The van der Waals surface area contributed by atoms with Crippen molar-refractivity contribution >= 4 is 17.1 Å². The van der Waals surface area contributed by atoms with E-state index in [0.29, 0.717) is 24.4 Å². The quantitative estimate of drug-likeness (QED) is 0.725. The maximum absolute atomic E-state index is 12.4. The van der Waals surface area contributed by atoms with Crippen molar-refractivity contribution in [2.45, 2.75) is 38.6 Å². The number of imidazole rings is 1. The topological polar surface area (TPSA) is 70.7 Å². The molecule has 128 valence electrons. The van der Waals surface area contributed by atoms with Gasteiger partial charge in [0.05, 0.1) is 11.6 Å². The summed E-state index contributed by atoms with van der Waals surface area (Å²) in [5.74, 6) is 1.45. The van der Waals surface area contributed by atoms with Gasteiger partial charge in [-0.1, -0.05) is 29.8 Å². The molecular formula is C20H22N4O. The molecule has 1 amide bonds. The number of carbonyl (C=O) groups excluding carboxylic acids is 1. The van der Waals surface area contributed by atoms with Gasteiger partial charge in [-0.25, -0.2) is 9.97 Å². The largest absolute Gasteiger partial charge is 0.349 e. The van der Waals surface area contributed by atoms with Gasteiger partial charge in [-0.3, -0.25) is 4.79 Å². The molecule has 5 nitrogen and oxygen atoms in total. The average molecular weight is 334 g/mol. The van der Waals surface area contributed by atoms with E-state index in [2.05, 4.69) is 51.5 Å². The summed E-state index contributed by atoms with van der Waals surface area (Å²) < 4.78 is 0. The van der Waals surface area contributed by atoms with Crippen LogP contribution in [0.5, 0.6) is 0 Å². The smallest absolute Gasteiger partial charge is 0.220 e. The molecule has 0 saturated heterocycles. The van der Waals surface area contributed by atoms with Crippen LogP contribution >= 0.6 is 0 Å². The Morgan fingerprint density at radius 2 is 2.08 bits per heavy atom. The molecule has 0 aliphatic heterocycles. The molecule has 3 aromatic rings. The Bertz CT molecular complexity index is 847. The predicted octanol–water partition coefficient (Wildman–Crippen LogP) is 3.47. The van der Waals surface area contributed by atoms with E-state index in [1.165, 1.54) is 24.0 Å². The molecule has 1 atom stereocenters. The molecule has 0 unspecified atom stereocenters.